The van der Waals surface area contributed by atoms with Crippen LogP contribution in [0.25, 0.3) is 0 Å². The van der Waals surface area contributed by atoms with Gasteiger partial charge in [0.05, 0.1) is 25.3 Å². The molecule has 2 atom stereocenters. The number of imide groups is 1. The molecule has 2 aromatic rings. The maximum Gasteiger partial charge on any atom is 0.328 e. The first-order valence-corrected chi connectivity index (χ1v) is 14.4. The molecular weight excluding hydrogens is 537 g/mol. The van der Waals surface area contributed by atoms with Gasteiger partial charge in [0.15, 0.2) is 11.6 Å². The molecule has 0 spiro atoms. The number of carbonyl (C=O) groups is 2. The second kappa shape index (κ2) is 9.98. The van der Waals surface area contributed by atoms with Crippen molar-refractivity contribution in [3.05, 3.63) is 57.9 Å². The van der Waals surface area contributed by atoms with E-state index in [1.165, 1.54) is 29.2 Å². The third-order valence-electron chi connectivity index (χ3n) is 6.64. The summed E-state index contributed by atoms with van der Waals surface area (Å²) in [7, 11) is -2.17. The Morgan fingerprint density at radius 1 is 1.26 bits per heavy atom. The highest BCUT2D eigenvalue weighted by Gasteiger charge is 2.52. The van der Waals surface area contributed by atoms with Gasteiger partial charge in [0, 0.05) is 30.9 Å². The van der Waals surface area contributed by atoms with Gasteiger partial charge < -0.3 is 14.7 Å². The van der Waals surface area contributed by atoms with Crippen molar-refractivity contribution in [2.75, 3.05) is 13.2 Å². The number of sulfonamides is 1. The van der Waals surface area contributed by atoms with Crippen LogP contribution in [0.4, 0.5) is 9.18 Å². The molecule has 1 aliphatic carbocycles. The fraction of sp³-hybridized carbons (Fsp3) is 0.458. The van der Waals surface area contributed by atoms with E-state index in [-0.39, 0.29) is 36.3 Å². The molecule has 2 aliphatic heterocycles. The van der Waals surface area contributed by atoms with Crippen molar-refractivity contribution in [2.24, 2.45) is 13.0 Å². The minimum atomic E-state index is -3.89. The van der Waals surface area contributed by atoms with E-state index >= 15 is 0 Å². The van der Waals surface area contributed by atoms with Crippen LogP contribution < -0.4 is 9.46 Å². The van der Waals surface area contributed by atoms with Crippen LogP contribution in [0.15, 0.2) is 40.9 Å². The highest BCUT2D eigenvalue weighted by Crippen LogP contribution is 2.46. The number of aryl methyl sites for hydroxylation is 1. The number of nitrogens with one attached hydrogen (secondary N) is 1. The topological polar surface area (TPSA) is 134 Å². The molecule has 1 aromatic heterocycles. The van der Waals surface area contributed by atoms with Crippen molar-refractivity contribution >= 4 is 33.7 Å². The van der Waals surface area contributed by atoms with Crippen molar-refractivity contribution in [2.45, 2.75) is 43.8 Å². The summed E-state index contributed by atoms with van der Waals surface area (Å²) in [6.07, 6.45) is 6.12. The molecule has 2 N–H and O–H groups in total. The number of nitrogens with zero attached hydrogens (tertiary/aromatic N) is 4. The van der Waals surface area contributed by atoms with Gasteiger partial charge in [-0.15, -0.1) is 0 Å². The van der Waals surface area contributed by atoms with Crippen LogP contribution in [0.2, 0.25) is 0 Å². The van der Waals surface area contributed by atoms with Crippen LogP contribution in [-0.2, 0) is 35.0 Å². The minimum absolute atomic E-state index is 0.000997. The molecular formula is C24H28FN5O6S2. The van der Waals surface area contributed by atoms with Crippen LogP contribution >= 0.6 is 11.8 Å². The fourth-order valence-electron chi connectivity index (χ4n) is 4.41. The molecule has 38 heavy (non-hydrogen) atoms. The first-order chi connectivity index (χ1) is 18.0. The highest BCUT2D eigenvalue weighted by molar-refractivity contribution is 8.18. The number of hydrogen-bond donors (Lipinski definition) is 2. The van der Waals surface area contributed by atoms with E-state index in [4.69, 9.17) is 9.84 Å². The number of carbonyl (C=O) groups excluding carboxylic acids is 2. The van der Waals surface area contributed by atoms with Crippen LogP contribution in [0.3, 0.4) is 0 Å². The SMILES string of the molecule is Cn1cc(CN2C(=O)C3C=C(S(=O)(=O)NC4(C)CC4)SC3N(Cc3ccc(F)c(OCCO)c3)C2=O)cn1. The standard InChI is InChI=1S/C24H28FN5O6S2/c1-24(5-6-24)27-38(34,35)20-10-17-21(32)29(14-16-11-26-28(2)12-16)23(33)30(22(17)37-20)13-15-3-4-18(25)19(9-15)36-8-7-31/h3-4,9-12,17,22,27,31H,5-8,13-14H2,1-2H3. The van der Waals surface area contributed by atoms with E-state index in [1.807, 2.05) is 6.92 Å². The Hall–Kier alpha value is -2.94. The molecule has 1 aromatic carbocycles. The Morgan fingerprint density at radius 3 is 2.68 bits per heavy atom. The Bertz CT molecular complexity index is 1410. The second-order valence-electron chi connectivity index (χ2n) is 9.88. The average Bonchev–Trinajstić information content (AvgIpc) is 3.23. The number of amides is 3. The van der Waals surface area contributed by atoms with Gasteiger partial charge in [-0.1, -0.05) is 17.8 Å². The van der Waals surface area contributed by atoms with Gasteiger partial charge in [0.1, 0.15) is 16.2 Å². The lowest BCUT2D eigenvalue weighted by molar-refractivity contribution is -0.135. The van der Waals surface area contributed by atoms with Gasteiger partial charge in [-0.3, -0.25) is 14.4 Å². The van der Waals surface area contributed by atoms with E-state index < -0.39 is 44.6 Å². The maximum atomic E-state index is 14.2. The Kier molecular flexibility index (Phi) is 7.00. The molecule has 14 heteroatoms. The minimum Gasteiger partial charge on any atom is -0.488 e. The van der Waals surface area contributed by atoms with Gasteiger partial charge in [-0.2, -0.15) is 5.10 Å². The van der Waals surface area contributed by atoms with E-state index in [0.29, 0.717) is 11.1 Å². The molecule has 2 unspecified atom stereocenters. The Labute approximate surface area is 223 Å². The van der Waals surface area contributed by atoms with Gasteiger partial charge in [0.25, 0.3) is 0 Å². The largest absolute Gasteiger partial charge is 0.488 e. The fourth-order valence-corrected chi connectivity index (χ4v) is 7.72. The van der Waals surface area contributed by atoms with Crippen LogP contribution in [0.1, 0.15) is 30.9 Å². The molecule has 0 radical (unpaired) electrons. The van der Waals surface area contributed by atoms with E-state index in [0.717, 1.165) is 29.5 Å². The van der Waals surface area contributed by atoms with Crippen LogP contribution in [-0.4, -0.2) is 69.2 Å². The lowest BCUT2D eigenvalue weighted by Gasteiger charge is -2.41. The summed E-state index contributed by atoms with van der Waals surface area (Å²) in [6.45, 7) is 1.37. The van der Waals surface area contributed by atoms with E-state index in [9.17, 15) is 22.4 Å². The molecule has 5 rings (SSSR count). The molecule has 11 nitrogen and oxygen atoms in total. The van der Waals surface area contributed by atoms with Gasteiger partial charge >= 0.3 is 6.03 Å². The summed E-state index contributed by atoms with van der Waals surface area (Å²) < 4.78 is 50.0. The predicted octanol–water partition coefficient (Wildman–Crippen LogP) is 1.90. The predicted molar refractivity (Wildman–Crippen MR) is 136 cm³/mol. The number of halogens is 1. The van der Waals surface area contributed by atoms with Crippen LogP contribution in [0, 0.1) is 11.7 Å². The van der Waals surface area contributed by atoms with Crippen LogP contribution in [0.5, 0.6) is 5.75 Å². The zero-order chi connectivity index (χ0) is 27.2. The summed E-state index contributed by atoms with van der Waals surface area (Å²) in [5, 5.41) is 12.3. The molecule has 3 amide bonds. The number of fused-ring (bicyclic) bond motifs is 1. The summed E-state index contributed by atoms with van der Waals surface area (Å²) in [5.74, 6) is -2.09. The van der Waals surface area contributed by atoms with Crippen molar-refractivity contribution in [3.63, 3.8) is 0 Å². The third kappa shape index (κ3) is 5.30. The maximum absolute atomic E-state index is 14.2. The van der Waals surface area contributed by atoms with E-state index in [2.05, 4.69) is 9.82 Å². The number of ether oxygens (including phenoxy) is 1. The lowest BCUT2D eigenvalue weighted by Crippen LogP contribution is -2.58. The first kappa shape index (κ1) is 26.7. The highest BCUT2D eigenvalue weighted by atomic mass is 32.3. The van der Waals surface area contributed by atoms with Crippen molar-refractivity contribution < 1.29 is 32.2 Å². The Morgan fingerprint density at radius 2 is 2.03 bits per heavy atom. The zero-order valence-electron chi connectivity index (χ0n) is 20.8. The number of thioether (sulfide) groups is 1. The van der Waals surface area contributed by atoms with Crippen molar-refractivity contribution in [1.82, 2.24) is 24.3 Å². The quantitative estimate of drug-likeness (QED) is 0.446. The van der Waals surface area contributed by atoms with Gasteiger partial charge in [0.2, 0.25) is 15.9 Å². The number of urea groups is 1. The number of benzene rings is 1. The summed E-state index contributed by atoms with van der Waals surface area (Å²) in [6, 6.07) is 3.52. The molecule has 204 valence electrons. The first-order valence-electron chi connectivity index (χ1n) is 12.0. The van der Waals surface area contributed by atoms with Crippen molar-refractivity contribution in [3.8, 4) is 5.75 Å². The zero-order valence-corrected chi connectivity index (χ0v) is 22.5. The number of aromatic nitrogens is 2. The lowest BCUT2D eigenvalue weighted by atomic mass is 10.0. The molecule has 1 saturated carbocycles. The Balaban J connectivity index is 1.46. The van der Waals surface area contributed by atoms with Crippen molar-refractivity contribution in [1.29, 1.82) is 0 Å². The monoisotopic (exact) mass is 565 g/mol. The summed E-state index contributed by atoms with van der Waals surface area (Å²) in [5.41, 5.74) is 0.654. The van der Waals surface area contributed by atoms with Gasteiger partial charge in [-0.05, 0) is 43.5 Å². The number of aliphatic hydroxyl groups is 1. The number of hydrogen-bond acceptors (Lipinski definition) is 8. The molecule has 2 fully saturated rings. The second-order valence-corrected chi connectivity index (χ2v) is 12.9. The normalized spacial score (nSPS) is 22.5. The number of aliphatic hydroxyl groups excluding tert-OH is 1. The average molecular weight is 566 g/mol. The molecule has 1 saturated heterocycles. The summed E-state index contributed by atoms with van der Waals surface area (Å²) >= 11 is 0.952. The molecule has 0 bridgehead atoms. The number of rotatable bonds is 10. The smallest absolute Gasteiger partial charge is 0.328 e. The molecule has 3 heterocycles. The molecule has 3 aliphatic rings. The summed E-state index contributed by atoms with van der Waals surface area (Å²) in [4.78, 5) is 29.7. The van der Waals surface area contributed by atoms with E-state index in [1.54, 1.807) is 24.1 Å². The van der Waals surface area contributed by atoms with Gasteiger partial charge in [-0.25, -0.2) is 22.3 Å². The third-order valence-corrected chi connectivity index (χ3v) is 10.2.